The Balaban J connectivity index is 1.84. The maximum absolute atomic E-state index is 14.0. The minimum absolute atomic E-state index is 0.00245. The van der Waals surface area contributed by atoms with Crippen LogP contribution in [0.2, 0.25) is 0 Å². The molecule has 0 bridgehead atoms. The van der Waals surface area contributed by atoms with Gasteiger partial charge in [0.2, 0.25) is 4.77 Å². The van der Waals surface area contributed by atoms with Crippen LogP contribution in [-0.2, 0) is 23.4 Å². The van der Waals surface area contributed by atoms with Crippen molar-refractivity contribution in [2.75, 3.05) is 18.5 Å². The highest BCUT2D eigenvalue weighted by Gasteiger charge is 2.58. The topological polar surface area (TPSA) is 135 Å². The van der Waals surface area contributed by atoms with Crippen molar-refractivity contribution in [1.29, 1.82) is 0 Å². The van der Waals surface area contributed by atoms with Crippen molar-refractivity contribution in [3.8, 4) is 5.75 Å². The summed E-state index contributed by atoms with van der Waals surface area (Å²) in [5.41, 5.74) is 5.55. The number of nitrogen functional groups attached to an aromatic ring is 1. The summed E-state index contributed by atoms with van der Waals surface area (Å²) in [5, 5.41) is 10.6. The fourth-order valence-corrected chi connectivity index (χ4v) is 5.94. The molecule has 15 heteroatoms. The molecule has 2 heterocycles. The zero-order valence-electron chi connectivity index (χ0n) is 20.8. The molecule has 1 aromatic carbocycles. The maximum Gasteiger partial charge on any atom is 0.398 e. The molecule has 210 valence electrons. The average Bonchev–Trinajstić information content (AvgIpc) is 3.14. The van der Waals surface area contributed by atoms with Crippen LogP contribution < -0.4 is 10.3 Å². The van der Waals surface area contributed by atoms with E-state index in [0.717, 1.165) is 4.57 Å². The van der Waals surface area contributed by atoms with Gasteiger partial charge < -0.3 is 24.8 Å². The Hall–Kier alpha value is -2.51. The van der Waals surface area contributed by atoms with E-state index in [-0.39, 0.29) is 16.3 Å². The number of halogens is 3. The Morgan fingerprint density at radius 3 is 2.50 bits per heavy atom. The number of nitrogens with zero attached hydrogens (tertiary/aromatic N) is 2. The zero-order chi connectivity index (χ0) is 28.3. The van der Waals surface area contributed by atoms with Gasteiger partial charge in [0.15, 0.2) is 6.23 Å². The van der Waals surface area contributed by atoms with Gasteiger partial charge in [0.05, 0.1) is 30.9 Å². The van der Waals surface area contributed by atoms with E-state index in [4.69, 9.17) is 36.5 Å². The van der Waals surface area contributed by atoms with Crippen molar-refractivity contribution in [3.63, 3.8) is 0 Å². The number of para-hydroxylation sites is 1. The molecule has 38 heavy (non-hydrogen) atoms. The van der Waals surface area contributed by atoms with Crippen molar-refractivity contribution < 1.29 is 46.2 Å². The number of aromatic nitrogens is 2. The van der Waals surface area contributed by atoms with Gasteiger partial charge in [-0.25, -0.2) is 9.55 Å². The predicted molar refractivity (Wildman–Crippen MR) is 133 cm³/mol. The first kappa shape index (κ1) is 30.0. The quantitative estimate of drug-likeness (QED) is 0.235. The number of aliphatic hydroxyl groups is 1. The van der Waals surface area contributed by atoms with E-state index < -0.39 is 68.9 Å². The van der Waals surface area contributed by atoms with E-state index in [1.54, 1.807) is 32.0 Å². The largest absolute Gasteiger partial charge is 0.463 e. The number of ether oxygens (including phenoxy) is 2. The number of hydrogen-bond donors (Lipinski definition) is 2. The van der Waals surface area contributed by atoms with Gasteiger partial charge in [-0.3, -0.25) is 13.9 Å². The van der Waals surface area contributed by atoms with Crippen molar-refractivity contribution in [2.45, 2.75) is 51.5 Å². The highest BCUT2D eigenvalue weighted by Crippen LogP contribution is 2.52. The average molecular weight is 580 g/mol. The minimum Gasteiger partial charge on any atom is -0.463 e. The van der Waals surface area contributed by atoms with Crippen molar-refractivity contribution >= 4 is 31.6 Å². The van der Waals surface area contributed by atoms with Crippen molar-refractivity contribution in [3.05, 3.63) is 47.4 Å². The Morgan fingerprint density at radius 2 is 1.92 bits per heavy atom. The number of rotatable bonds is 10. The summed E-state index contributed by atoms with van der Waals surface area (Å²) in [6.07, 6.45) is -10.0. The molecular weight excluding hydrogens is 550 g/mol. The molecule has 1 aliphatic rings. The second-order valence-electron chi connectivity index (χ2n) is 9.05. The van der Waals surface area contributed by atoms with Gasteiger partial charge in [-0.05, 0) is 44.3 Å². The molecule has 0 spiro atoms. The minimum atomic E-state index is -4.89. The molecule has 0 radical (unpaired) electrons. The molecule has 0 amide bonds. The van der Waals surface area contributed by atoms with Crippen LogP contribution in [0.3, 0.4) is 0 Å². The lowest BCUT2D eigenvalue weighted by Crippen LogP contribution is -2.39. The summed E-state index contributed by atoms with van der Waals surface area (Å²) in [7, 11) is -4.17. The highest BCUT2D eigenvalue weighted by molar-refractivity contribution is 7.71. The van der Waals surface area contributed by atoms with E-state index in [1.165, 1.54) is 31.3 Å². The van der Waals surface area contributed by atoms with E-state index >= 15 is 0 Å². The molecule has 2 unspecified atom stereocenters. The molecule has 0 saturated carbocycles. The number of carbonyl (C=O) groups is 1. The van der Waals surface area contributed by atoms with E-state index in [0.29, 0.717) is 0 Å². The first-order valence-corrected chi connectivity index (χ1v) is 13.8. The van der Waals surface area contributed by atoms with Gasteiger partial charge in [-0.1, -0.05) is 25.1 Å². The maximum atomic E-state index is 14.0. The number of carbonyl (C=O) groups excluding carboxylic acids is 1. The second-order valence-corrected chi connectivity index (χ2v) is 11.4. The lowest BCUT2D eigenvalue weighted by molar-refractivity contribution is -0.211. The van der Waals surface area contributed by atoms with Crippen LogP contribution in [0.25, 0.3) is 0 Å². The molecule has 0 aliphatic carbocycles. The summed E-state index contributed by atoms with van der Waals surface area (Å²) < 4.78 is 78.0. The van der Waals surface area contributed by atoms with Crippen LogP contribution in [-0.4, -0.2) is 57.9 Å². The molecule has 1 saturated heterocycles. The molecule has 1 aromatic heterocycles. The van der Waals surface area contributed by atoms with Crippen LogP contribution in [0, 0.1) is 16.6 Å². The van der Waals surface area contributed by atoms with E-state index in [1.807, 2.05) is 0 Å². The van der Waals surface area contributed by atoms with Gasteiger partial charge >= 0.3 is 19.7 Å². The summed E-state index contributed by atoms with van der Waals surface area (Å²) in [6, 6.07) is 9.16. The van der Waals surface area contributed by atoms with Crippen LogP contribution in [0.15, 0.2) is 42.6 Å². The lowest BCUT2D eigenvalue weighted by Gasteiger charge is -2.25. The molecule has 3 rings (SSSR count). The first-order chi connectivity index (χ1) is 17.7. The number of benzene rings is 1. The third kappa shape index (κ3) is 7.54. The lowest BCUT2D eigenvalue weighted by atomic mass is 9.99. The number of hydrogen-bond acceptors (Lipinski definition) is 10. The number of anilines is 1. The van der Waals surface area contributed by atoms with Gasteiger partial charge in [0.25, 0.3) is 0 Å². The van der Waals surface area contributed by atoms with Crippen LogP contribution in [0.5, 0.6) is 5.75 Å². The summed E-state index contributed by atoms with van der Waals surface area (Å²) in [4.78, 5) is 16.1. The number of aliphatic hydroxyl groups excluding tert-OH is 1. The Kier molecular flexibility index (Phi) is 9.58. The van der Waals surface area contributed by atoms with E-state index in [2.05, 4.69) is 4.98 Å². The summed E-state index contributed by atoms with van der Waals surface area (Å²) in [6.45, 7) is 4.02. The molecular formula is C23H29F3N3O7PS. The standard InChI is InChI=1S/C23H29F3N3O7PS/c1-13(2)34-21(31)14(3)12-37(32,36-15-7-5-4-6-8-15)33-11-16-19(30)18(23(24,25)26)20(35-16)29-10-9-17(27)28-22(29)38/h4-10,13-14,16,18-20,30H,11-12H2,1-3H3,(H2,27,28,38)/t14-,16-,18?,19+,20-,37?/m1/s1. The van der Waals surface area contributed by atoms with Gasteiger partial charge in [0.1, 0.15) is 23.6 Å². The highest BCUT2D eigenvalue weighted by atomic mass is 32.1. The van der Waals surface area contributed by atoms with Crippen LogP contribution >= 0.6 is 19.8 Å². The SMILES string of the molecule is CC(C)OC(=O)[C@H](C)CP(=O)(OC[C@H]1O[C@@H](n2ccc(N)nc2=S)C(C(F)(F)F)[C@H]1O)Oc1ccccc1. The molecule has 10 nitrogen and oxygen atoms in total. The van der Waals surface area contributed by atoms with Crippen molar-refractivity contribution in [2.24, 2.45) is 11.8 Å². The smallest absolute Gasteiger partial charge is 0.398 e. The fraction of sp³-hybridized carbons (Fsp3) is 0.522. The molecule has 2 aromatic rings. The number of alkyl halides is 3. The monoisotopic (exact) mass is 579 g/mol. The second kappa shape index (κ2) is 12.1. The predicted octanol–water partition coefficient (Wildman–Crippen LogP) is 4.51. The molecule has 1 aliphatic heterocycles. The Bertz CT molecular complexity index is 1210. The first-order valence-electron chi connectivity index (χ1n) is 11.6. The van der Waals surface area contributed by atoms with Crippen molar-refractivity contribution in [1.82, 2.24) is 9.55 Å². The van der Waals surface area contributed by atoms with Gasteiger partial charge in [-0.2, -0.15) is 13.2 Å². The van der Waals surface area contributed by atoms with Gasteiger partial charge in [0, 0.05) is 6.20 Å². The Labute approximate surface area is 222 Å². The molecule has 1 fully saturated rings. The zero-order valence-corrected chi connectivity index (χ0v) is 22.5. The van der Waals surface area contributed by atoms with Crippen LogP contribution in [0.4, 0.5) is 19.0 Å². The number of nitrogens with two attached hydrogens (primary N) is 1. The Morgan fingerprint density at radius 1 is 1.26 bits per heavy atom. The summed E-state index contributed by atoms with van der Waals surface area (Å²) >= 11 is 5.03. The molecule has 6 atom stereocenters. The third-order valence-electron chi connectivity index (χ3n) is 5.55. The normalized spacial score (nSPS) is 24.1. The van der Waals surface area contributed by atoms with Gasteiger partial charge in [-0.15, -0.1) is 0 Å². The number of esters is 1. The summed E-state index contributed by atoms with van der Waals surface area (Å²) in [5.74, 6) is -3.84. The molecule has 3 N–H and O–H groups in total. The van der Waals surface area contributed by atoms with E-state index in [9.17, 15) is 27.6 Å². The fourth-order valence-electron chi connectivity index (χ4n) is 3.80. The third-order valence-corrected chi connectivity index (χ3v) is 7.88. The van der Waals surface area contributed by atoms with Crippen LogP contribution in [0.1, 0.15) is 27.0 Å².